The van der Waals surface area contributed by atoms with Crippen molar-refractivity contribution in [2.45, 2.75) is 32.5 Å². The predicted molar refractivity (Wildman–Crippen MR) is 134 cm³/mol. The molecule has 2 N–H and O–H groups in total. The van der Waals surface area contributed by atoms with Crippen molar-refractivity contribution in [3.8, 4) is 0 Å². The lowest BCUT2D eigenvalue weighted by Gasteiger charge is -2.30. The number of esters is 1. The van der Waals surface area contributed by atoms with Crippen molar-refractivity contribution < 1.29 is 14.3 Å². The smallest absolute Gasteiger partial charge is 0.338 e. The third-order valence-electron chi connectivity index (χ3n) is 5.63. The van der Waals surface area contributed by atoms with Crippen LogP contribution in [0.25, 0.3) is 5.70 Å². The largest absolute Gasteiger partial charge is 0.459 e. The second-order valence-electron chi connectivity index (χ2n) is 8.57. The molecule has 3 aromatic carbocycles. The van der Waals surface area contributed by atoms with Gasteiger partial charge < -0.3 is 20.3 Å². The molecule has 0 spiro atoms. The molecule has 1 atom stereocenters. The van der Waals surface area contributed by atoms with E-state index in [1.165, 1.54) is 5.56 Å². The quantitative estimate of drug-likeness (QED) is 0.490. The van der Waals surface area contributed by atoms with E-state index in [2.05, 4.69) is 27.7 Å². The molecular weight excluding hydrogens is 426 g/mol. The van der Waals surface area contributed by atoms with Crippen LogP contribution in [0.3, 0.4) is 0 Å². The molecule has 1 unspecified atom stereocenters. The van der Waals surface area contributed by atoms with Crippen LogP contribution in [-0.4, -0.2) is 25.2 Å². The molecular formula is C28H29N3O3. The summed E-state index contributed by atoms with van der Waals surface area (Å²) < 4.78 is 5.56. The van der Waals surface area contributed by atoms with Gasteiger partial charge in [-0.2, -0.15) is 0 Å². The fourth-order valence-corrected chi connectivity index (χ4v) is 4.01. The number of rotatable bonds is 7. The number of carbonyl (C=O) groups excluding carboxylic acids is 2. The number of nitrogens with zero attached hydrogens (tertiary/aromatic N) is 1. The SMILES string of the molecule is CC(C)OC(=O)C1=C(c2ccccc2)NC(=O)NC1c1ccc(N(C)Cc2ccccc2)cc1. The van der Waals surface area contributed by atoms with Crippen molar-refractivity contribution in [3.05, 3.63) is 107 Å². The van der Waals surface area contributed by atoms with Crippen LogP contribution in [0.5, 0.6) is 0 Å². The van der Waals surface area contributed by atoms with Gasteiger partial charge in [0.25, 0.3) is 0 Å². The van der Waals surface area contributed by atoms with E-state index in [-0.39, 0.29) is 12.1 Å². The van der Waals surface area contributed by atoms with Crippen LogP contribution >= 0.6 is 0 Å². The summed E-state index contributed by atoms with van der Waals surface area (Å²) in [5.74, 6) is -0.461. The van der Waals surface area contributed by atoms with Crippen LogP contribution in [0.2, 0.25) is 0 Å². The molecule has 0 aliphatic carbocycles. The molecule has 0 fully saturated rings. The van der Waals surface area contributed by atoms with Gasteiger partial charge in [0.1, 0.15) is 0 Å². The van der Waals surface area contributed by atoms with Gasteiger partial charge in [-0.1, -0.05) is 72.8 Å². The van der Waals surface area contributed by atoms with Gasteiger partial charge in [0.2, 0.25) is 0 Å². The lowest BCUT2D eigenvalue weighted by Crippen LogP contribution is -2.45. The zero-order chi connectivity index (χ0) is 24.1. The molecule has 0 bridgehead atoms. The highest BCUT2D eigenvalue weighted by molar-refractivity contribution is 6.04. The van der Waals surface area contributed by atoms with E-state index in [9.17, 15) is 9.59 Å². The van der Waals surface area contributed by atoms with Crippen molar-refractivity contribution in [1.82, 2.24) is 10.6 Å². The Bertz CT molecular complexity index is 1170. The zero-order valence-electron chi connectivity index (χ0n) is 19.6. The predicted octanol–water partition coefficient (Wildman–Crippen LogP) is 5.04. The van der Waals surface area contributed by atoms with Crippen molar-refractivity contribution in [2.24, 2.45) is 0 Å². The first-order valence-electron chi connectivity index (χ1n) is 11.4. The third kappa shape index (κ3) is 5.29. The highest BCUT2D eigenvalue weighted by Gasteiger charge is 2.34. The minimum Gasteiger partial charge on any atom is -0.459 e. The summed E-state index contributed by atoms with van der Waals surface area (Å²) in [6.45, 7) is 4.39. The van der Waals surface area contributed by atoms with E-state index in [1.807, 2.05) is 93.7 Å². The molecule has 6 heteroatoms. The lowest BCUT2D eigenvalue weighted by molar-refractivity contribution is -0.143. The number of anilines is 1. The molecule has 3 aromatic rings. The number of nitrogens with one attached hydrogen (secondary N) is 2. The Labute approximate surface area is 200 Å². The number of carbonyl (C=O) groups is 2. The van der Waals surface area contributed by atoms with E-state index in [1.54, 1.807) is 0 Å². The standard InChI is InChI=1S/C28H29N3O3/c1-19(2)34-27(32)24-25(21-12-8-5-9-13-21)29-28(33)30-26(24)22-14-16-23(17-15-22)31(3)18-20-10-6-4-7-11-20/h4-17,19,26H,18H2,1-3H3,(H2,29,30,33). The second kappa shape index (κ2) is 10.3. The molecule has 4 rings (SSSR count). The third-order valence-corrected chi connectivity index (χ3v) is 5.63. The summed E-state index contributed by atoms with van der Waals surface area (Å²) in [5, 5.41) is 5.72. The summed E-state index contributed by atoms with van der Waals surface area (Å²) in [6, 6.07) is 26.5. The van der Waals surface area contributed by atoms with Gasteiger partial charge in [-0.25, -0.2) is 9.59 Å². The number of hydrogen-bond acceptors (Lipinski definition) is 4. The van der Waals surface area contributed by atoms with E-state index in [0.717, 1.165) is 23.4 Å². The average Bonchev–Trinajstić information content (AvgIpc) is 2.84. The monoisotopic (exact) mass is 455 g/mol. The summed E-state index contributed by atoms with van der Waals surface area (Å²) in [6.07, 6.45) is -0.288. The minimum absolute atomic E-state index is 0.288. The van der Waals surface area contributed by atoms with Crippen molar-refractivity contribution >= 4 is 23.4 Å². The second-order valence-corrected chi connectivity index (χ2v) is 8.57. The summed E-state index contributed by atoms with van der Waals surface area (Å²) in [4.78, 5) is 27.9. The van der Waals surface area contributed by atoms with Gasteiger partial charge in [-0.05, 0) is 42.7 Å². The maximum atomic E-state index is 13.2. The van der Waals surface area contributed by atoms with Crippen molar-refractivity contribution in [3.63, 3.8) is 0 Å². The molecule has 0 saturated carbocycles. The Kier molecular flexibility index (Phi) is 6.97. The molecule has 6 nitrogen and oxygen atoms in total. The maximum Gasteiger partial charge on any atom is 0.338 e. The molecule has 0 radical (unpaired) electrons. The molecule has 1 aliphatic heterocycles. The van der Waals surface area contributed by atoms with Gasteiger partial charge in [-0.3, -0.25) is 0 Å². The fraction of sp³-hybridized carbons (Fsp3) is 0.214. The van der Waals surface area contributed by atoms with E-state index >= 15 is 0 Å². The molecule has 1 aliphatic rings. The number of amides is 2. The Morgan fingerprint density at radius 2 is 1.56 bits per heavy atom. The Morgan fingerprint density at radius 1 is 0.941 bits per heavy atom. The first-order valence-corrected chi connectivity index (χ1v) is 11.4. The van der Waals surface area contributed by atoms with Crippen LogP contribution in [0.4, 0.5) is 10.5 Å². The maximum absolute atomic E-state index is 13.2. The van der Waals surface area contributed by atoms with Crippen LogP contribution in [-0.2, 0) is 16.1 Å². The Hall–Kier alpha value is -4.06. The van der Waals surface area contributed by atoms with Crippen molar-refractivity contribution in [2.75, 3.05) is 11.9 Å². The van der Waals surface area contributed by atoms with Gasteiger partial charge in [0.05, 0.1) is 23.4 Å². The average molecular weight is 456 g/mol. The van der Waals surface area contributed by atoms with E-state index in [4.69, 9.17) is 4.74 Å². The molecule has 34 heavy (non-hydrogen) atoms. The summed E-state index contributed by atoms with van der Waals surface area (Å²) in [5.41, 5.74) is 4.64. The lowest BCUT2D eigenvalue weighted by atomic mass is 9.92. The summed E-state index contributed by atoms with van der Waals surface area (Å²) in [7, 11) is 2.03. The molecule has 174 valence electrons. The zero-order valence-corrected chi connectivity index (χ0v) is 19.6. The normalized spacial score (nSPS) is 15.5. The van der Waals surface area contributed by atoms with Crippen LogP contribution in [0.1, 0.15) is 36.6 Å². The Morgan fingerprint density at radius 3 is 2.18 bits per heavy atom. The fourth-order valence-electron chi connectivity index (χ4n) is 4.01. The molecule has 0 saturated heterocycles. The summed E-state index contributed by atoms with van der Waals surface area (Å²) >= 11 is 0. The van der Waals surface area contributed by atoms with E-state index < -0.39 is 12.0 Å². The number of urea groups is 1. The number of benzene rings is 3. The van der Waals surface area contributed by atoms with E-state index in [0.29, 0.717) is 11.3 Å². The first-order chi connectivity index (χ1) is 16.4. The highest BCUT2D eigenvalue weighted by atomic mass is 16.5. The molecule has 1 heterocycles. The van der Waals surface area contributed by atoms with Crippen LogP contribution in [0.15, 0.2) is 90.5 Å². The first kappa shape index (κ1) is 23.1. The number of hydrogen-bond donors (Lipinski definition) is 2. The van der Waals surface area contributed by atoms with Crippen molar-refractivity contribution in [1.29, 1.82) is 0 Å². The molecule has 2 amide bonds. The highest BCUT2D eigenvalue weighted by Crippen LogP contribution is 2.33. The van der Waals surface area contributed by atoms with Gasteiger partial charge in [-0.15, -0.1) is 0 Å². The minimum atomic E-state index is -0.635. The topological polar surface area (TPSA) is 70.7 Å². The number of ether oxygens (including phenoxy) is 1. The van der Waals surface area contributed by atoms with Crippen LogP contribution in [0, 0.1) is 0 Å². The Balaban J connectivity index is 1.68. The molecule has 0 aromatic heterocycles. The van der Waals surface area contributed by atoms with Gasteiger partial charge in [0.15, 0.2) is 0 Å². The van der Waals surface area contributed by atoms with Gasteiger partial charge >= 0.3 is 12.0 Å². The van der Waals surface area contributed by atoms with Crippen LogP contribution < -0.4 is 15.5 Å². The van der Waals surface area contributed by atoms with Gasteiger partial charge in [0, 0.05) is 19.3 Å².